The topological polar surface area (TPSA) is 95.5 Å². The summed E-state index contributed by atoms with van der Waals surface area (Å²) in [5.41, 5.74) is 4.74. The van der Waals surface area contributed by atoms with E-state index in [1.54, 1.807) is 0 Å². The Kier molecular flexibility index (Phi) is 3.25. The molecule has 0 aliphatic carbocycles. The van der Waals surface area contributed by atoms with E-state index in [0.29, 0.717) is 4.47 Å². The fourth-order valence-electron chi connectivity index (χ4n) is 1.09. The zero-order valence-electron chi connectivity index (χ0n) is 7.69. The Morgan fingerprint density at radius 2 is 2.20 bits per heavy atom. The zero-order chi connectivity index (χ0) is 11.6. The number of hydrogen-bond acceptors (Lipinski definition) is 5. The van der Waals surface area contributed by atoms with Crippen LogP contribution in [0.5, 0.6) is 0 Å². The summed E-state index contributed by atoms with van der Waals surface area (Å²) in [6, 6.07) is 2.64. The highest BCUT2D eigenvalue weighted by molar-refractivity contribution is 9.10. The fourth-order valence-corrected chi connectivity index (χ4v) is 1.57. The first-order valence-corrected chi connectivity index (χ1v) is 4.58. The van der Waals surface area contributed by atoms with E-state index in [-0.39, 0.29) is 11.3 Å². The molecule has 15 heavy (non-hydrogen) atoms. The lowest BCUT2D eigenvalue weighted by atomic mass is 10.1. The molecule has 0 amide bonds. The first kappa shape index (κ1) is 11.4. The Labute approximate surface area is 93.3 Å². The second-order valence-electron chi connectivity index (χ2n) is 2.64. The lowest BCUT2D eigenvalue weighted by Crippen LogP contribution is -2.08. The zero-order valence-corrected chi connectivity index (χ0v) is 9.28. The third-order valence-corrected chi connectivity index (χ3v) is 2.15. The van der Waals surface area contributed by atoms with E-state index in [0.717, 1.165) is 7.11 Å². The number of methoxy groups -OCH3 is 1. The molecule has 0 fully saturated rings. The number of nitrogens with zero attached hydrogens (tertiary/aromatic N) is 1. The van der Waals surface area contributed by atoms with E-state index in [9.17, 15) is 14.9 Å². The van der Waals surface area contributed by atoms with Crippen LogP contribution in [0.4, 0.5) is 11.4 Å². The molecule has 7 heteroatoms. The van der Waals surface area contributed by atoms with Crippen molar-refractivity contribution in [1.82, 2.24) is 0 Å². The largest absolute Gasteiger partial charge is 0.465 e. The molecule has 0 aliphatic heterocycles. The maximum atomic E-state index is 11.2. The summed E-state index contributed by atoms with van der Waals surface area (Å²) in [5, 5.41) is 10.7. The van der Waals surface area contributed by atoms with Gasteiger partial charge in [-0.2, -0.15) is 0 Å². The number of nitro benzene ring substituents is 1. The monoisotopic (exact) mass is 274 g/mol. The van der Waals surface area contributed by atoms with Crippen LogP contribution >= 0.6 is 15.9 Å². The van der Waals surface area contributed by atoms with Gasteiger partial charge in [-0.3, -0.25) is 10.1 Å². The van der Waals surface area contributed by atoms with Gasteiger partial charge in [0.1, 0.15) is 11.3 Å². The van der Waals surface area contributed by atoms with E-state index in [4.69, 9.17) is 5.73 Å². The van der Waals surface area contributed by atoms with Crippen molar-refractivity contribution < 1.29 is 14.5 Å². The highest BCUT2D eigenvalue weighted by Gasteiger charge is 2.24. The number of carbonyl (C=O) groups is 1. The van der Waals surface area contributed by atoms with Crippen LogP contribution in [0.3, 0.4) is 0 Å². The predicted molar refractivity (Wildman–Crippen MR) is 56.5 cm³/mol. The highest BCUT2D eigenvalue weighted by atomic mass is 79.9. The SMILES string of the molecule is COC(=O)c1cc(Br)cc(N)c1[N+](=O)[O-]. The standard InChI is InChI=1S/C8H7BrN2O4/c1-15-8(12)5-2-4(9)3-6(10)7(5)11(13)14/h2-3H,10H2,1H3. The van der Waals surface area contributed by atoms with Crippen molar-refractivity contribution in [2.45, 2.75) is 0 Å². The summed E-state index contributed by atoms with van der Waals surface area (Å²) in [6.07, 6.45) is 0. The smallest absolute Gasteiger partial charge is 0.345 e. The molecule has 0 bridgehead atoms. The quantitative estimate of drug-likeness (QED) is 0.383. The van der Waals surface area contributed by atoms with Gasteiger partial charge in [-0.1, -0.05) is 15.9 Å². The summed E-state index contributed by atoms with van der Waals surface area (Å²) < 4.78 is 4.90. The number of esters is 1. The molecule has 0 saturated carbocycles. The van der Waals surface area contributed by atoms with Crippen molar-refractivity contribution in [2.24, 2.45) is 0 Å². The number of anilines is 1. The third-order valence-electron chi connectivity index (χ3n) is 1.69. The fraction of sp³-hybridized carbons (Fsp3) is 0.125. The second-order valence-corrected chi connectivity index (χ2v) is 3.56. The Hall–Kier alpha value is -1.63. The van der Waals surface area contributed by atoms with Crippen molar-refractivity contribution in [1.29, 1.82) is 0 Å². The Bertz CT molecular complexity index is 433. The molecule has 0 aromatic heterocycles. The lowest BCUT2D eigenvalue weighted by molar-refractivity contribution is -0.384. The number of benzene rings is 1. The molecule has 0 atom stereocenters. The van der Waals surface area contributed by atoms with Gasteiger partial charge in [0.25, 0.3) is 0 Å². The summed E-state index contributed by atoms with van der Waals surface area (Å²) in [5.74, 6) is -0.797. The van der Waals surface area contributed by atoms with Crippen LogP contribution in [0.1, 0.15) is 10.4 Å². The number of nitrogens with two attached hydrogens (primary N) is 1. The summed E-state index contributed by atoms with van der Waals surface area (Å²) in [6.45, 7) is 0. The van der Waals surface area contributed by atoms with E-state index in [2.05, 4.69) is 20.7 Å². The van der Waals surface area contributed by atoms with Gasteiger partial charge in [0.2, 0.25) is 0 Å². The number of halogens is 1. The van der Waals surface area contributed by atoms with Crippen LogP contribution in [0, 0.1) is 10.1 Å². The normalized spacial score (nSPS) is 9.73. The molecule has 1 aromatic carbocycles. The Morgan fingerprint density at radius 1 is 1.60 bits per heavy atom. The van der Waals surface area contributed by atoms with Gasteiger partial charge in [-0.15, -0.1) is 0 Å². The maximum absolute atomic E-state index is 11.2. The number of ether oxygens (including phenoxy) is 1. The van der Waals surface area contributed by atoms with Crippen molar-refractivity contribution >= 4 is 33.3 Å². The minimum atomic E-state index is -0.797. The van der Waals surface area contributed by atoms with E-state index >= 15 is 0 Å². The molecular weight excluding hydrogens is 268 g/mol. The number of carbonyl (C=O) groups excluding carboxylic acids is 1. The van der Waals surface area contributed by atoms with Crippen LogP contribution in [0.15, 0.2) is 16.6 Å². The summed E-state index contributed by atoms with van der Waals surface area (Å²) >= 11 is 3.08. The average Bonchev–Trinajstić information content (AvgIpc) is 2.14. The molecule has 0 spiro atoms. The molecule has 2 N–H and O–H groups in total. The number of nitrogen functional groups attached to an aromatic ring is 1. The van der Waals surface area contributed by atoms with E-state index < -0.39 is 16.6 Å². The van der Waals surface area contributed by atoms with Gasteiger partial charge in [0.15, 0.2) is 0 Å². The molecule has 0 saturated heterocycles. The van der Waals surface area contributed by atoms with Crippen molar-refractivity contribution in [2.75, 3.05) is 12.8 Å². The molecule has 0 heterocycles. The molecule has 1 rings (SSSR count). The molecule has 80 valence electrons. The molecule has 1 aromatic rings. The Balaban J connectivity index is 3.46. The minimum absolute atomic E-state index is 0.0882. The van der Waals surface area contributed by atoms with Crippen LogP contribution in [-0.4, -0.2) is 18.0 Å². The van der Waals surface area contributed by atoms with E-state index in [1.807, 2.05) is 0 Å². The van der Waals surface area contributed by atoms with Gasteiger partial charge < -0.3 is 10.5 Å². The summed E-state index contributed by atoms with van der Waals surface area (Å²) in [4.78, 5) is 21.2. The van der Waals surface area contributed by atoms with Gasteiger partial charge in [-0.25, -0.2) is 4.79 Å². The van der Waals surface area contributed by atoms with Crippen molar-refractivity contribution in [3.63, 3.8) is 0 Å². The first-order chi connectivity index (χ1) is 6.97. The number of nitro groups is 1. The predicted octanol–water partition coefficient (Wildman–Crippen LogP) is 1.73. The van der Waals surface area contributed by atoms with Crippen LogP contribution in [-0.2, 0) is 4.74 Å². The van der Waals surface area contributed by atoms with Crippen LogP contribution < -0.4 is 5.73 Å². The van der Waals surface area contributed by atoms with Crippen LogP contribution in [0.2, 0.25) is 0 Å². The van der Waals surface area contributed by atoms with Crippen molar-refractivity contribution in [3.05, 3.63) is 32.3 Å². The number of rotatable bonds is 2. The molecule has 0 radical (unpaired) electrons. The van der Waals surface area contributed by atoms with Gasteiger partial charge >= 0.3 is 11.7 Å². The average molecular weight is 275 g/mol. The summed E-state index contributed by atoms with van der Waals surface area (Å²) in [7, 11) is 1.14. The minimum Gasteiger partial charge on any atom is -0.465 e. The van der Waals surface area contributed by atoms with Gasteiger partial charge in [0, 0.05) is 4.47 Å². The first-order valence-electron chi connectivity index (χ1n) is 3.79. The van der Waals surface area contributed by atoms with Crippen LogP contribution in [0.25, 0.3) is 0 Å². The second kappa shape index (κ2) is 4.26. The van der Waals surface area contributed by atoms with E-state index in [1.165, 1.54) is 12.1 Å². The van der Waals surface area contributed by atoms with Gasteiger partial charge in [-0.05, 0) is 12.1 Å². The molecule has 6 nitrogen and oxygen atoms in total. The van der Waals surface area contributed by atoms with Gasteiger partial charge in [0.05, 0.1) is 12.0 Å². The number of hydrogen-bond donors (Lipinski definition) is 1. The molecule has 0 unspecified atom stereocenters. The lowest BCUT2D eigenvalue weighted by Gasteiger charge is -2.04. The molecular formula is C8H7BrN2O4. The Morgan fingerprint density at radius 3 is 2.67 bits per heavy atom. The highest BCUT2D eigenvalue weighted by Crippen LogP contribution is 2.30. The molecule has 0 aliphatic rings. The maximum Gasteiger partial charge on any atom is 0.345 e. The third kappa shape index (κ3) is 2.24. The van der Waals surface area contributed by atoms with Crippen molar-refractivity contribution in [3.8, 4) is 0 Å².